The van der Waals surface area contributed by atoms with Crippen LogP contribution >= 0.6 is 0 Å². The van der Waals surface area contributed by atoms with Crippen molar-refractivity contribution in [3.63, 3.8) is 0 Å². The van der Waals surface area contributed by atoms with E-state index in [2.05, 4.69) is 15.6 Å². The van der Waals surface area contributed by atoms with Crippen LogP contribution in [0.15, 0.2) is 30.3 Å². The summed E-state index contributed by atoms with van der Waals surface area (Å²) in [6.07, 6.45) is 13.2. The predicted molar refractivity (Wildman–Crippen MR) is 130 cm³/mol. The van der Waals surface area contributed by atoms with Crippen molar-refractivity contribution >= 4 is 23.6 Å². The lowest BCUT2D eigenvalue weighted by atomic mass is 9.74. The standard InChI is InChI=1S/C26H39N5O2/c1-31-23(32)26(30-24(31)27,16-15-19-9-4-2-5-10-19)18-20-11-8-14-22(17-20)29-25(33)28-21-12-6-3-7-13-21/h3,6-7,12-13,19-20,22H,2,4-5,8-11,14-18H2,1H3,(H2,27,30)(H2,28,29,33)/p+1/t20-,22+,26+/m0/s1. The van der Waals surface area contributed by atoms with Crippen LogP contribution in [0.25, 0.3) is 0 Å². The Bertz CT molecular complexity index is 851. The fraction of sp³-hybridized carbons (Fsp3) is 0.654. The molecule has 1 heterocycles. The third-order valence-corrected chi connectivity index (χ3v) is 7.93. The molecule has 1 aromatic carbocycles. The molecule has 3 atom stereocenters. The number of para-hydroxylation sites is 1. The van der Waals surface area contributed by atoms with Crippen molar-refractivity contribution < 1.29 is 14.6 Å². The molecule has 0 saturated heterocycles. The van der Waals surface area contributed by atoms with Crippen LogP contribution in [-0.4, -0.2) is 41.4 Å². The fourth-order valence-electron chi connectivity index (χ4n) is 6.12. The quantitative estimate of drug-likeness (QED) is 0.509. The van der Waals surface area contributed by atoms with Crippen LogP contribution in [0.2, 0.25) is 0 Å². The lowest BCUT2D eigenvalue weighted by molar-refractivity contribution is -0.535. The summed E-state index contributed by atoms with van der Waals surface area (Å²) in [5.74, 6) is 1.67. The second-order valence-corrected chi connectivity index (χ2v) is 10.4. The molecule has 0 spiro atoms. The molecule has 1 aromatic rings. The first-order valence-electron chi connectivity index (χ1n) is 12.8. The van der Waals surface area contributed by atoms with E-state index in [0.29, 0.717) is 11.9 Å². The summed E-state index contributed by atoms with van der Waals surface area (Å²) in [4.78, 5) is 30.8. The molecular weight excluding hydrogens is 414 g/mol. The average Bonchev–Trinajstić information content (AvgIpc) is 3.03. The van der Waals surface area contributed by atoms with Gasteiger partial charge in [-0.25, -0.2) is 9.69 Å². The number of anilines is 1. The number of nitrogens with zero attached hydrogens (tertiary/aromatic N) is 1. The number of hydrogen-bond donors (Lipinski definition) is 4. The smallest absolute Gasteiger partial charge is 0.335 e. The summed E-state index contributed by atoms with van der Waals surface area (Å²) in [6, 6.07) is 9.47. The Hall–Kier alpha value is -2.57. The number of nitrogens with two attached hydrogens (primary N) is 1. The van der Waals surface area contributed by atoms with Crippen molar-refractivity contribution in [2.45, 2.75) is 88.6 Å². The molecule has 0 radical (unpaired) electrons. The van der Waals surface area contributed by atoms with Gasteiger partial charge in [0.2, 0.25) is 0 Å². The molecule has 7 nitrogen and oxygen atoms in total. The third kappa shape index (κ3) is 5.87. The maximum atomic E-state index is 13.3. The van der Waals surface area contributed by atoms with Gasteiger partial charge in [0.15, 0.2) is 5.54 Å². The lowest BCUT2D eigenvalue weighted by Crippen LogP contribution is -2.87. The van der Waals surface area contributed by atoms with Gasteiger partial charge in [0.25, 0.3) is 0 Å². The number of benzene rings is 1. The molecule has 2 fully saturated rings. The molecule has 180 valence electrons. The number of urea groups is 1. The maximum Gasteiger partial charge on any atom is 0.351 e. The number of likely N-dealkylation sites (N-methyl/N-ethyl adjacent to an activating group) is 1. The lowest BCUT2D eigenvalue weighted by Gasteiger charge is -2.34. The summed E-state index contributed by atoms with van der Waals surface area (Å²) in [5, 5.41) is 6.07. The monoisotopic (exact) mass is 454 g/mol. The predicted octanol–water partition coefficient (Wildman–Crippen LogP) is 2.72. The first-order chi connectivity index (χ1) is 15.9. The van der Waals surface area contributed by atoms with E-state index in [-0.39, 0.29) is 18.0 Å². The minimum absolute atomic E-state index is 0.104. The van der Waals surface area contributed by atoms with Crippen molar-refractivity contribution in [2.24, 2.45) is 17.6 Å². The van der Waals surface area contributed by atoms with Gasteiger partial charge in [-0.2, -0.15) is 0 Å². The number of guanidine groups is 1. The zero-order valence-electron chi connectivity index (χ0n) is 19.9. The largest absolute Gasteiger partial charge is 0.351 e. The molecule has 3 aliphatic rings. The maximum absolute atomic E-state index is 13.3. The van der Waals surface area contributed by atoms with E-state index < -0.39 is 5.54 Å². The summed E-state index contributed by atoms with van der Waals surface area (Å²) in [7, 11) is 1.77. The van der Waals surface area contributed by atoms with Gasteiger partial charge in [0, 0.05) is 11.7 Å². The van der Waals surface area contributed by atoms with Crippen LogP contribution < -0.4 is 21.4 Å². The molecule has 2 saturated carbocycles. The zero-order valence-corrected chi connectivity index (χ0v) is 19.9. The Labute approximate surface area is 197 Å². The van der Waals surface area contributed by atoms with E-state index in [0.717, 1.165) is 56.6 Å². The summed E-state index contributed by atoms with van der Waals surface area (Å²) >= 11 is 0. The number of rotatable bonds is 7. The number of nitrogens with one attached hydrogen (secondary N) is 3. The van der Waals surface area contributed by atoms with Gasteiger partial charge in [-0.05, 0) is 56.1 Å². The first kappa shape index (κ1) is 23.6. The second-order valence-electron chi connectivity index (χ2n) is 10.4. The van der Waals surface area contributed by atoms with Gasteiger partial charge in [-0.3, -0.25) is 15.5 Å². The van der Waals surface area contributed by atoms with Crippen molar-refractivity contribution in [3.05, 3.63) is 30.3 Å². The van der Waals surface area contributed by atoms with Crippen molar-refractivity contribution in [1.82, 2.24) is 10.2 Å². The molecule has 0 bridgehead atoms. The van der Waals surface area contributed by atoms with Gasteiger partial charge in [0.05, 0.1) is 7.05 Å². The SMILES string of the molecule is CN1C(=O)[C@@](CCC2CCCCC2)(C[C@H]2CCC[C@@H](NC(=O)Nc3ccccc3)C2)[NH+]=C1N. The van der Waals surface area contributed by atoms with E-state index in [1.165, 1.54) is 32.1 Å². The summed E-state index contributed by atoms with van der Waals surface area (Å²) in [6.45, 7) is 0. The molecule has 3 amide bonds. The van der Waals surface area contributed by atoms with E-state index in [9.17, 15) is 9.59 Å². The zero-order chi connectivity index (χ0) is 23.3. The number of carbonyl (C=O) groups is 2. The second kappa shape index (κ2) is 10.6. The van der Waals surface area contributed by atoms with Crippen molar-refractivity contribution in [2.75, 3.05) is 12.4 Å². The van der Waals surface area contributed by atoms with Gasteiger partial charge in [0.1, 0.15) is 0 Å². The molecule has 0 aromatic heterocycles. The third-order valence-electron chi connectivity index (χ3n) is 7.93. The molecule has 2 aliphatic carbocycles. The normalized spacial score (nSPS) is 28.5. The van der Waals surface area contributed by atoms with Crippen LogP contribution in [-0.2, 0) is 4.79 Å². The van der Waals surface area contributed by atoms with Crippen LogP contribution in [0.4, 0.5) is 10.5 Å². The van der Waals surface area contributed by atoms with E-state index >= 15 is 0 Å². The van der Waals surface area contributed by atoms with Crippen LogP contribution in [0, 0.1) is 11.8 Å². The molecule has 7 heteroatoms. The van der Waals surface area contributed by atoms with Crippen LogP contribution in [0.1, 0.15) is 77.0 Å². The van der Waals surface area contributed by atoms with Gasteiger partial charge >= 0.3 is 17.9 Å². The molecule has 1 aliphatic heterocycles. The minimum atomic E-state index is -0.602. The Balaban J connectivity index is 1.37. The molecular formula is C26H40N5O2+. The van der Waals surface area contributed by atoms with Crippen LogP contribution in [0.3, 0.4) is 0 Å². The van der Waals surface area contributed by atoms with E-state index in [1.54, 1.807) is 11.9 Å². The molecule has 33 heavy (non-hydrogen) atoms. The Morgan fingerprint density at radius 3 is 2.52 bits per heavy atom. The first-order valence-corrected chi connectivity index (χ1v) is 12.8. The van der Waals surface area contributed by atoms with Gasteiger partial charge in [-0.1, -0.05) is 63.1 Å². The van der Waals surface area contributed by atoms with E-state index in [1.807, 2.05) is 30.3 Å². The van der Waals surface area contributed by atoms with Gasteiger partial charge in [-0.15, -0.1) is 0 Å². The minimum Gasteiger partial charge on any atom is -0.335 e. The number of carbonyl (C=O) groups excluding carboxylic acids is 2. The average molecular weight is 455 g/mol. The number of hydrogen-bond acceptors (Lipinski definition) is 3. The number of amides is 3. The molecule has 4 rings (SSSR count). The summed E-state index contributed by atoms with van der Waals surface area (Å²) in [5.41, 5.74) is 6.36. The van der Waals surface area contributed by atoms with Crippen molar-refractivity contribution in [1.29, 1.82) is 0 Å². The van der Waals surface area contributed by atoms with Crippen LogP contribution in [0.5, 0.6) is 0 Å². The van der Waals surface area contributed by atoms with Gasteiger partial charge < -0.3 is 10.6 Å². The van der Waals surface area contributed by atoms with Crippen molar-refractivity contribution in [3.8, 4) is 0 Å². The van der Waals surface area contributed by atoms with E-state index in [4.69, 9.17) is 5.73 Å². The molecule has 0 unspecified atom stereocenters. The summed E-state index contributed by atoms with van der Waals surface area (Å²) < 4.78 is 0. The Morgan fingerprint density at radius 2 is 1.82 bits per heavy atom. The molecule has 5 N–H and O–H groups in total. The Morgan fingerprint density at radius 1 is 1.09 bits per heavy atom. The fourth-order valence-corrected chi connectivity index (χ4v) is 6.12. The highest BCUT2D eigenvalue weighted by molar-refractivity contribution is 6.01. The highest BCUT2D eigenvalue weighted by Gasteiger charge is 2.52. The highest BCUT2D eigenvalue weighted by atomic mass is 16.2. The Kier molecular flexibility index (Phi) is 7.56. The topological polar surface area (TPSA) is 101 Å². The highest BCUT2D eigenvalue weighted by Crippen LogP contribution is 2.35.